The molecule has 0 aliphatic heterocycles. The second kappa shape index (κ2) is 7.29. The first-order valence-electron chi connectivity index (χ1n) is 8.33. The van der Waals surface area contributed by atoms with Crippen LogP contribution in [0.25, 0.3) is 22.1 Å². The number of rotatable bonds is 4. The fourth-order valence-corrected chi connectivity index (χ4v) is 3.42. The average Bonchev–Trinajstić information content (AvgIpc) is 2.68. The predicted octanol–water partition coefficient (Wildman–Crippen LogP) is 5.51. The number of hydrogen-bond acceptors (Lipinski definition) is 4. The molecule has 0 fully saturated rings. The molecule has 0 saturated heterocycles. The Labute approximate surface area is 163 Å². The van der Waals surface area contributed by atoms with E-state index < -0.39 is 0 Å². The Kier molecular flexibility index (Phi) is 4.69. The molecule has 4 aromatic rings. The van der Waals surface area contributed by atoms with Gasteiger partial charge in [-0.2, -0.15) is 0 Å². The maximum absolute atomic E-state index is 12.2. The number of phenolic OH excluding ortho intramolecular Hbond substituents is 1. The molecule has 134 valence electrons. The molecule has 1 aromatic heterocycles. The van der Waals surface area contributed by atoms with Crippen molar-refractivity contribution in [3.63, 3.8) is 0 Å². The summed E-state index contributed by atoms with van der Waals surface area (Å²) in [5, 5.41) is 10.9. The zero-order valence-corrected chi connectivity index (χ0v) is 15.8. The summed E-state index contributed by atoms with van der Waals surface area (Å²) in [4.78, 5) is 12.2. The minimum atomic E-state index is -0.319. The molecule has 0 amide bonds. The van der Waals surface area contributed by atoms with Crippen LogP contribution < -0.4 is 10.2 Å². The van der Waals surface area contributed by atoms with Crippen molar-refractivity contribution in [2.45, 2.75) is 6.61 Å². The van der Waals surface area contributed by atoms with Crippen molar-refractivity contribution >= 4 is 26.9 Å². The molecule has 0 spiro atoms. The summed E-state index contributed by atoms with van der Waals surface area (Å²) in [6.45, 7) is 0.247. The first-order chi connectivity index (χ1) is 13.1. The van der Waals surface area contributed by atoms with E-state index in [0.717, 1.165) is 15.6 Å². The molecule has 4 rings (SSSR count). The highest BCUT2D eigenvalue weighted by atomic mass is 79.9. The summed E-state index contributed by atoms with van der Waals surface area (Å²) in [5.41, 5.74) is 2.44. The molecular formula is C22H15BrO4. The summed E-state index contributed by atoms with van der Waals surface area (Å²) >= 11 is 3.44. The smallest absolute Gasteiger partial charge is 0.196 e. The van der Waals surface area contributed by atoms with E-state index in [1.807, 2.05) is 54.6 Å². The standard InChI is InChI=1S/C22H15BrO4/c23-16-8-4-5-14(11-16)13-27-22-17(15-6-2-1-3-7-15)12-19-20(21(22)25)18(24)9-10-26-19/h1-12,25H,13H2. The van der Waals surface area contributed by atoms with Gasteiger partial charge in [0.2, 0.25) is 0 Å². The minimum Gasteiger partial charge on any atom is -0.504 e. The van der Waals surface area contributed by atoms with Crippen LogP contribution in [0.1, 0.15) is 5.56 Å². The molecule has 0 radical (unpaired) electrons. The van der Waals surface area contributed by atoms with Gasteiger partial charge in [0, 0.05) is 16.1 Å². The highest BCUT2D eigenvalue weighted by molar-refractivity contribution is 9.10. The summed E-state index contributed by atoms with van der Waals surface area (Å²) in [7, 11) is 0. The molecule has 3 aromatic carbocycles. The zero-order chi connectivity index (χ0) is 18.8. The number of hydrogen-bond donors (Lipinski definition) is 1. The van der Waals surface area contributed by atoms with E-state index in [9.17, 15) is 9.90 Å². The lowest BCUT2D eigenvalue weighted by Crippen LogP contribution is -2.03. The molecule has 5 heteroatoms. The van der Waals surface area contributed by atoms with Crippen LogP contribution in [0.15, 0.2) is 86.7 Å². The van der Waals surface area contributed by atoms with Crippen molar-refractivity contribution in [3.8, 4) is 22.6 Å². The van der Waals surface area contributed by atoms with Gasteiger partial charge in [0.05, 0.1) is 6.26 Å². The maximum Gasteiger partial charge on any atom is 0.196 e. The van der Waals surface area contributed by atoms with Gasteiger partial charge in [0.15, 0.2) is 16.9 Å². The minimum absolute atomic E-state index is 0.112. The van der Waals surface area contributed by atoms with E-state index in [1.54, 1.807) is 6.07 Å². The third-order valence-corrected chi connectivity index (χ3v) is 4.73. The zero-order valence-electron chi connectivity index (χ0n) is 14.2. The van der Waals surface area contributed by atoms with Gasteiger partial charge in [-0.05, 0) is 29.3 Å². The topological polar surface area (TPSA) is 59.7 Å². The lowest BCUT2D eigenvalue weighted by Gasteiger charge is -2.15. The largest absolute Gasteiger partial charge is 0.504 e. The quantitative estimate of drug-likeness (QED) is 0.471. The maximum atomic E-state index is 12.2. The van der Waals surface area contributed by atoms with Crippen molar-refractivity contribution in [3.05, 3.63) is 93.3 Å². The molecule has 0 saturated carbocycles. The van der Waals surface area contributed by atoms with Crippen molar-refractivity contribution in [1.29, 1.82) is 0 Å². The van der Waals surface area contributed by atoms with Gasteiger partial charge >= 0.3 is 0 Å². The monoisotopic (exact) mass is 422 g/mol. The number of aromatic hydroxyl groups is 1. The van der Waals surface area contributed by atoms with E-state index in [1.165, 1.54) is 12.3 Å². The van der Waals surface area contributed by atoms with Crippen molar-refractivity contribution in [2.75, 3.05) is 0 Å². The third kappa shape index (κ3) is 3.46. The van der Waals surface area contributed by atoms with Gasteiger partial charge in [-0.1, -0.05) is 58.4 Å². The lowest BCUT2D eigenvalue weighted by atomic mass is 10.0. The van der Waals surface area contributed by atoms with E-state index in [2.05, 4.69) is 15.9 Å². The molecule has 1 N–H and O–H groups in total. The highest BCUT2D eigenvalue weighted by Gasteiger charge is 2.19. The fraction of sp³-hybridized carbons (Fsp3) is 0.0455. The van der Waals surface area contributed by atoms with Gasteiger partial charge in [-0.3, -0.25) is 4.79 Å². The number of ether oxygens (including phenoxy) is 1. The molecule has 0 bridgehead atoms. The number of halogens is 1. The van der Waals surface area contributed by atoms with E-state index in [4.69, 9.17) is 9.15 Å². The fourth-order valence-electron chi connectivity index (χ4n) is 2.97. The second-order valence-electron chi connectivity index (χ2n) is 6.04. The Morgan fingerprint density at radius 2 is 1.81 bits per heavy atom. The lowest BCUT2D eigenvalue weighted by molar-refractivity contribution is 0.291. The first-order valence-corrected chi connectivity index (χ1v) is 9.13. The molecule has 4 nitrogen and oxygen atoms in total. The summed E-state index contributed by atoms with van der Waals surface area (Å²) in [6.07, 6.45) is 1.32. The Bertz CT molecular complexity index is 1170. The molecule has 0 unspecified atom stereocenters. The van der Waals surface area contributed by atoms with Crippen LogP contribution in [0.3, 0.4) is 0 Å². The Morgan fingerprint density at radius 1 is 1.00 bits per heavy atom. The van der Waals surface area contributed by atoms with Crippen LogP contribution in [0.2, 0.25) is 0 Å². The Balaban J connectivity index is 1.87. The van der Waals surface area contributed by atoms with E-state index in [0.29, 0.717) is 11.1 Å². The van der Waals surface area contributed by atoms with Crippen LogP contribution >= 0.6 is 15.9 Å². The Hall–Kier alpha value is -3.05. The van der Waals surface area contributed by atoms with E-state index in [-0.39, 0.29) is 28.9 Å². The van der Waals surface area contributed by atoms with Crippen LogP contribution in [-0.2, 0) is 6.61 Å². The van der Waals surface area contributed by atoms with Crippen LogP contribution in [0.5, 0.6) is 11.5 Å². The van der Waals surface area contributed by atoms with Gasteiger partial charge in [0.1, 0.15) is 17.6 Å². The molecule has 0 atom stereocenters. The highest BCUT2D eigenvalue weighted by Crippen LogP contribution is 2.42. The number of benzene rings is 3. The number of phenols is 1. The average molecular weight is 423 g/mol. The third-order valence-electron chi connectivity index (χ3n) is 4.24. The van der Waals surface area contributed by atoms with Gasteiger partial charge < -0.3 is 14.3 Å². The van der Waals surface area contributed by atoms with Crippen molar-refractivity contribution < 1.29 is 14.3 Å². The van der Waals surface area contributed by atoms with Gasteiger partial charge in [0.25, 0.3) is 0 Å². The molecule has 0 aliphatic carbocycles. The summed E-state index contributed by atoms with van der Waals surface area (Å²) in [5.74, 6) is 0.0443. The predicted molar refractivity (Wildman–Crippen MR) is 108 cm³/mol. The van der Waals surface area contributed by atoms with Gasteiger partial charge in [-0.25, -0.2) is 0 Å². The normalized spacial score (nSPS) is 10.9. The van der Waals surface area contributed by atoms with Crippen LogP contribution in [0.4, 0.5) is 0 Å². The summed E-state index contributed by atoms with van der Waals surface area (Å²) in [6, 6.07) is 20.2. The number of fused-ring (bicyclic) bond motifs is 1. The van der Waals surface area contributed by atoms with Crippen molar-refractivity contribution in [2.24, 2.45) is 0 Å². The molecule has 0 aliphatic rings. The second-order valence-corrected chi connectivity index (χ2v) is 6.96. The SMILES string of the molecule is O=c1ccoc2cc(-c3ccccc3)c(OCc3cccc(Br)c3)c(O)c12. The molecular weight excluding hydrogens is 408 g/mol. The van der Waals surface area contributed by atoms with E-state index >= 15 is 0 Å². The van der Waals surface area contributed by atoms with Crippen molar-refractivity contribution in [1.82, 2.24) is 0 Å². The van der Waals surface area contributed by atoms with Gasteiger partial charge in [-0.15, -0.1) is 0 Å². The molecule has 1 heterocycles. The molecule has 27 heavy (non-hydrogen) atoms. The summed E-state index contributed by atoms with van der Waals surface area (Å²) < 4.78 is 12.4. The Morgan fingerprint density at radius 3 is 2.59 bits per heavy atom. The van der Waals surface area contributed by atoms with Crippen LogP contribution in [-0.4, -0.2) is 5.11 Å². The first kappa shape index (κ1) is 17.4. The van der Waals surface area contributed by atoms with Crippen LogP contribution in [0, 0.1) is 0 Å².